The van der Waals surface area contributed by atoms with Gasteiger partial charge in [0.1, 0.15) is 43.2 Å². The van der Waals surface area contributed by atoms with Crippen LogP contribution in [0.25, 0.3) is 0 Å². The van der Waals surface area contributed by atoms with Crippen molar-refractivity contribution in [2.45, 2.75) is 172 Å². The fourth-order valence-corrected chi connectivity index (χ4v) is 6.60. The number of unbranched alkanes of at least 4 members (excludes halogenated alkanes) is 12. The minimum atomic E-state index is -5.12. The average molecular weight is 801 g/mol. The topological polar surface area (TPSA) is 210 Å². The second-order valence-electron chi connectivity index (χ2n) is 13.8. The summed E-state index contributed by atoms with van der Waals surface area (Å²) in [6.45, 7) is 3.05. The number of carbonyl (C=O) groups is 2. The maximum absolute atomic E-state index is 12.8. The molecule has 1 aliphatic rings. The van der Waals surface area contributed by atoms with Gasteiger partial charge in [-0.15, -0.1) is 0 Å². The lowest BCUT2D eigenvalue weighted by Gasteiger charge is -2.41. The van der Waals surface area contributed by atoms with E-state index >= 15 is 0 Å². The van der Waals surface area contributed by atoms with Crippen molar-refractivity contribution >= 4 is 19.8 Å². The Bertz CT molecular complexity index is 1200. The first-order valence-corrected chi connectivity index (χ1v) is 21.6. The highest BCUT2D eigenvalue weighted by molar-refractivity contribution is 7.47. The fraction of sp³-hybridized carbons (Fsp3) is 0.707. The lowest BCUT2D eigenvalue weighted by Crippen LogP contribution is -2.64. The van der Waals surface area contributed by atoms with Gasteiger partial charge in [-0.25, -0.2) is 4.57 Å². The molecule has 0 amide bonds. The van der Waals surface area contributed by atoms with Crippen LogP contribution in [0, 0.1) is 0 Å². The van der Waals surface area contributed by atoms with E-state index in [1.54, 1.807) is 0 Å². The number of phosphoric acid groups is 1. The van der Waals surface area contributed by atoms with E-state index < -0.39 is 75.7 Å². The maximum Gasteiger partial charge on any atom is 0.472 e. The number of carbonyl (C=O) groups excluding carboxylic acids is 2. The van der Waals surface area contributed by atoms with Crippen LogP contribution in [0.4, 0.5) is 0 Å². The number of rotatable bonds is 31. The van der Waals surface area contributed by atoms with Gasteiger partial charge in [-0.2, -0.15) is 0 Å². The minimum Gasteiger partial charge on any atom is -0.462 e. The Morgan fingerprint density at radius 1 is 0.582 bits per heavy atom. The van der Waals surface area contributed by atoms with Crippen molar-refractivity contribution in [1.29, 1.82) is 0 Å². The SMILES string of the molecule is CC/C=C/C=C/C=C/C=C/CCCCCCCC(=O)O[C@H](COC(=O)CCCCCCC/C=C/CCCC)COP(=O)(O)OC1C(O)C(O)C(O)[C@@H](O)C1O. The summed E-state index contributed by atoms with van der Waals surface area (Å²) in [4.78, 5) is 35.5. The minimum absolute atomic E-state index is 0.0660. The van der Waals surface area contributed by atoms with Gasteiger partial charge in [0.15, 0.2) is 6.10 Å². The van der Waals surface area contributed by atoms with E-state index in [1.807, 2.05) is 36.5 Å². The van der Waals surface area contributed by atoms with E-state index in [0.29, 0.717) is 12.8 Å². The van der Waals surface area contributed by atoms with Gasteiger partial charge >= 0.3 is 19.8 Å². The molecule has 0 aliphatic heterocycles. The van der Waals surface area contributed by atoms with Crippen LogP contribution in [-0.4, -0.2) is 98.3 Å². The van der Waals surface area contributed by atoms with Crippen molar-refractivity contribution in [2.24, 2.45) is 0 Å². The highest BCUT2D eigenvalue weighted by Gasteiger charge is 2.51. The van der Waals surface area contributed by atoms with Gasteiger partial charge in [-0.1, -0.05) is 126 Å². The molecule has 0 spiro atoms. The number of ether oxygens (including phenoxy) is 2. The van der Waals surface area contributed by atoms with Crippen LogP contribution in [0.3, 0.4) is 0 Å². The van der Waals surface area contributed by atoms with Gasteiger partial charge in [-0.3, -0.25) is 18.6 Å². The third-order valence-corrected chi connectivity index (χ3v) is 9.92. The van der Waals surface area contributed by atoms with Gasteiger partial charge < -0.3 is 39.9 Å². The third kappa shape index (κ3) is 24.7. The zero-order valence-corrected chi connectivity index (χ0v) is 33.8. The van der Waals surface area contributed by atoms with Crippen LogP contribution in [0.2, 0.25) is 0 Å². The smallest absolute Gasteiger partial charge is 0.462 e. The highest BCUT2D eigenvalue weighted by Crippen LogP contribution is 2.47. The Hall–Kier alpha value is -2.45. The Labute approximate surface area is 328 Å². The predicted molar refractivity (Wildman–Crippen MR) is 212 cm³/mol. The summed E-state index contributed by atoms with van der Waals surface area (Å²) >= 11 is 0. The molecule has 1 aliphatic carbocycles. The summed E-state index contributed by atoms with van der Waals surface area (Å²) in [6.07, 6.45) is 22.9. The molecule has 6 N–H and O–H groups in total. The second-order valence-corrected chi connectivity index (χ2v) is 15.2. The van der Waals surface area contributed by atoms with Crippen LogP contribution in [0.1, 0.15) is 129 Å². The summed E-state index contributed by atoms with van der Waals surface area (Å²) in [6, 6.07) is 0. The number of hydrogen-bond donors (Lipinski definition) is 6. The van der Waals surface area contributed by atoms with Crippen LogP contribution >= 0.6 is 7.82 Å². The van der Waals surface area contributed by atoms with Crippen molar-refractivity contribution < 1.29 is 63.1 Å². The summed E-state index contributed by atoms with van der Waals surface area (Å²) in [5.41, 5.74) is 0. The van der Waals surface area contributed by atoms with E-state index in [-0.39, 0.29) is 12.8 Å². The molecule has 0 aromatic heterocycles. The van der Waals surface area contributed by atoms with Gasteiger partial charge in [0.2, 0.25) is 0 Å². The monoisotopic (exact) mass is 800 g/mol. The molecule has 316 valence electrons. The van der Waals surface area contributed by atoms with Crippen LogP contribution < -0.4 is 0 Å². The molecular weight excluding hydrogens is 731 g/mol. The lowest BCUT2D eigenvalue weighted by molar-refractivity contribution is -0.220. The third-order valence-electron chi connectivity index (χ3n) is 8.94. The molecule has 0 bridgehead atoms. The summed E-state index contributed by atoms with van der Waals surface area (Å²) in [7, 11) is -5.12. The van der Waals surface area contributed by atoms with Crippen LogP contribution in [0.15, 0.2) is 60.8 Å². The maximum atomic E-state index is 12.8. The van der Waals surface area contributed by atoms with Gasteiger partial charge in [0.05, 0.1) is 6.61 Å². The molecular formula is C41H69O13P. The quantitative estimate of drug-likeness (QED) is 0.0144. The second kappa shape index (κ2) is 31.6. The van der Waals surface area contributed by atoms with Crippen molar-refractivity contribution in [3.05, 3.63) is 60.8 Å². The Kier molecular flexibility index (Phi) is 29.1. The molecule has 13 nitrogen and oxygen atoms in total. The van der Waals surface area contributed by atoms with Crippen LogP contribution in [0.5, 0.6) is 0 Å². The number of allylic oxidation sites excluding steroid dienone is 10. The van der Waals surface area contributed by atoms with E-state index in [4.69, 9.17) is 18.5 Å². The molecule has 0 heterocycles. The molecule has 6 unspecified atom stereocenters. The average Bonchev–Trinajstić information content (AvgIpc) is 3.16. The van der Waals surface area contributed by atoms with Crippen LogP contribution in [-0.2, 0) is 32.7 Å². The van der Waals surface area contributed by atoms with E-state index in [1.165, 1.54) is 12.8 Å². The number of esters is 2. The molecule has 1 rings (SSSR count). The first kappa shape index (κ1) is 50.6. The Morgan fingerprint density at radius 2 is 1.05 bits per heavy atom. The summed E-state index contributed by atoms with van der Waals surface area (Å²) in [5.74, 6) is -1.15. The van der Waals surface area contributed by atoms with E-state index in [9.17, 15) is 44.6 Å². The molecule has 0 aromatic carbocycles. The molecule has 1 saturated carbocycles. The first-order valence-electron chi connectivity index (χ1n) is 20.1. The number of hydrogen-bond acceptors (Lipinski definition) is 12. The zero-order chi connectivity index (χ0) is 40.7. The van der Waals surface area contributed by atoms with Gasteiger partial charge in [0, 0.05) is 12.8 Å². The highest BCUT2D eigenvalue weighted by atomic mass is 31.2. The molecule has 0 radical (unpaired) electrons. The van der Waals surface area contributed by atoms with Gasteiger partial charge in [0.25, 0.3) is 0 Å². The molecule has 8 atom stereocenters. The van der Waals surface area contributed by atoms with E-state index in [2.05, 4.69) is 38.2 Å². The van der Waals surface area contributed by atoms with Crippen molar-refractivity contribution in [1.82, 2.24) is 0 Å². The fourth-order valence-electron chi connectivity index (χ4n) is 5.63. The van der Waals surface area contributed by atoms with Gasteiger partial charge in [-0.05, 0) is 51.4 Å². The van der Waals surface area contributed by atoms with E-state index in [0.717, 1.165) is 77.0 Å². The normalized spacial score (nSPS) is 23.7. The Morgan fingerprint density at radius 3 is 1.64 bits per heavy atom. The Balaban J connectivity index is 2.56. The molecule has 1 fully saturated rings. The number of phosphoric ester groups is 1. The summed E-state index contributed by atoms with van der Waals surface area (Å²) in [5, 5.41) is 50.0. The molecule has 0 aromatic rings. The number of aliphatic hydroxyl groups is 5. The van der Waals surface area contributed by atoms with Crippen molar-refractivity contribution in [3.8, 4) is 0 Å². The predicted octanol–water partition coefficient (Wildman–Crippen LogP) is 6.60. The lowest BCUT2D eigenvalue weighted by atomic mass is 9.85. The molecule has 0 saturated heterocycles. The molecule has 55 heavy (non-hydrogen) atoms. The standard InChI is InChI=1S/C41H69O13P/c1-3-5-7-9-11-13-15-16-17-18-20-22-24-26-28-30-35(43)53-33(31-51-34(42)29-27-25-23-21-19-14-12-10-8-6-4-2)32-52-55(49,50)54-41-39(47)37(45)36(44)38(46)40(41)48/h5,7,9-13,15-17,33,36-41,44-48H,3-4,6,8,14,18-32H2,1-2H3,(H,49,50)/b7-5+,11-9+,12-10+,15-13+,17-16+/t33-,36?,37-,38?,39?,40?,41?/m1/s1. The number of aliphatic hydroxyl groups excluding tert-OH is 5. The zero-order valence-electron chi connectivity index (χ0n) is 32.9. The first-order chi connectivity index (χ1) is 26.4. The van der Waals surface area contributed by atoms with Crippen molar-refractivity contribution in [3.63, 3.8) is 0 Å². The van der Waals surface area contributed by atoms with Crippen molar-refractivity contribution in [2.75, 3.05) is 13.2 Å². The largest absolute Gasteiger partial charge is 0.472 e. The summed E-state index contributed by atoms with van der Waals surface area (Å²) < 4.78 is 33.3. The molecule has 14 heteroatoms.